The van der Waals surface area contributed by atoms with E-state index in [0.29, 0.717) is 42.2 Å². The molecule has 0 atom stereocenters. The molecule has 0 saturated heterocycles. The number of pyridine rings is 1. The predicted octanol–water partition coefficient (Wildman–Crippen LogP) is 1.45. The van der Waals surface area contributed by atoms with E-state index in [4.69, 9.17) is 9.47 Å². The monoisotopic (exact) mass is 339 g/mol. The molecule has 8 nitrogen and oxygen atoms in total. The molecule has 128 valence electrons. The predicted molar refractivity (Wildman–Crippen MR) is 89.5 cm³/mol. The van der Waals surface area contributed by atoms with Crippen molar-refractivity contribution in [3.05, 3.63) is 41.6 Å². The van der Waals surface area contributed by atoms with E-state index >= 15 is 0 Å². The minimum Gasteiger partial charge on any atom is -0.490 e. The smallest absolute Gasteiger partial charge is 0.253 e. The molecule has 8 heteroatoms. The molecule has 0 fully saturated rings. The minimum atomic E-state index is -0.216. The number of rotatable bonds is 3. The molecule has 0 unspecified atom stereocenters. The first-order chi connectivity index (χ1) is 12.2. The number of benzene rings is 1. The van der Waals surface area contributed by atoms with Crippen molar-refractivity contribution in [2.75, 3.05) is 13.2 Å². The number of aromatic nitrogens is 4. The Balaban J connectivity index is 1.46. The van der Waals surface area contributed by atoms with Crippen molar-refractivity contribution < 1.29 is 14.3 Å². The Kier molecular flexibility index (Phi) is 3.93. The molecule has 0 saturated carbocycles. The average Bonchev–Trinajstić information content (AvgIpc) is 2.86. The van der Waals surface area contributed by atoms with Gasteiger partial charge in [0.15, 0.2) is 17.1 Å². The highest BCUT2D eigenvalue weighted by atomic mass is 16.5. The topological polar surface area (TPSA) is 91.2 Å². The van der Waals surface area contributed by atoms with Gasteiger partial charge >= 0.3 is 0 Å². The van der Waals surface area contributed by atoms with Crippen LogP contribution >= 0.6 is 0 Å². The summed E-state index contributed by atoms with van der Waals surface area (Å²) >= 11 is 0. The van der Waals surface area contributed by atoms with Gasteiger partial charge in [-0.25, -0.2) is 9.67 Å². The highest BCUT2D eigenvalue weighted by Gasteiger charge is 2.13. The Bertz CT molecular complexity index is 937. The van der Waals surface area contributed by atoms with Gasteiger partial charge in [0.2, 0.25) is 0 Å². The number of fused-ring (bicyclic) bond motifs is 2. The molecule has 0 bridgehead atoms. The normalized spacial score (nSPS) is 13.5. The Labute approximate surface area is 143 Å². The maximum absolute atomic E-state index is 12.4. The number of hydrogen-bond donors (Lipinski definition) is 1. The maximum Gasteiger partial charge on any atom is 0.253 e. The fourth-order valence-electron chi connectivity index (χ4n) is 2.65. The van der Waals surface area contributed by atoms with E-state index in [1.54, 1.807) is 17.8 Å². The number of carbonyl (C=O) groups is 1. The molecule has 1 aromatic carbocycles. The van der Waals surface area contributed by atoms with Crippen molar-refractivity contribution in [3.63, 3.8) is 0 Å². The van der Waals surface area contributed by atoms with Crippen molar-refractivity contribution in [1.29, 1.82) is 0 Å². The second kappa shape index (κ2) is 6.39. The summed E-state index contributed by atoms with van der Waals surface area (Å²) in [5.74, 6) is 1.24. The molecule has 1 aliphatic rings. The molecule has 0 spiro atoms. The number of hydrogen-bond acceptors (Lipinski definition) is 6. The summed E-state index contributed by atoms with van der Waals surface area (Å²) in [5, 5.41) is 10.7. The lowest BCUT2D eigenvalue weighted by molar-refractivity contribution is 0.0950. The number of aryl methyl sites for hydroxylation is 1. The van der Waals surface area contributed by atoms with Crippen LogP contribution in [-0.2, 0) is 13.6 Å². The molecule has 1 amide bonds. The summed E-state index contributed by atoms with van der Waals surface area (Å²) in [6, 6.07) is 7.36. The van der Waals surface area contributed by atoms with Crippen LogP contribution in [0.2, 0.25) is 0 Å². The van der Waals surface area contributed by atoms with Gasteiger partial charge in [0.1, 0.15) is 5.52 Å². The minimum absolute atomic E-state index is 0.216. The van der Waals surface area contributed by atoms with Crippen molar-refractivity contribution in [1.82, 2.24) is 25.3 Å². The zero-order valence-electron chi connectivity index (χ0n) is 13.7. The summed E-state index contributed by atoms with van der Waals surface area (Å²) < 4.78 is 12.8. The number of ether oxygens (including phenoxy) is 2. The van der Waals surface area contributed by atoms with Crippen molar-refractivity contribution in [2.24, 2.45) is 7.05 Å². The second-order valence-corrected chi connectivity index (χ2v) is 5.79. The van der Waals surface area contributed by atoms with Crippen LogP contribution in [0.4, 0.5) is 0 Å². The lowest BCUT2D eigenvalue weighted by Gasteiger charge is -2.10. The van der Waals surface area contributed by atoms with Crippen LogP contribution in [0.1, 0.15) is 22.3 Å². The van der Waals surface area contributed by atoms with Gasteiger partial charge in [0.25, 0.3) is 5.91 Å². The van der Waals surface area contributed by atoms with E-state index in [1.807, 2.05) is 18.2 Å². The van der Waals surface area contributed by atoms with Crippen molar-refractivity contribution in [2.45, 2.75) is 13.0 Å². The average molecular weight is 339 g/mol. The maximum atomic E-state index is 12.4. The van der Waals surface area contributed by atoms with E-state index in [1.165, 1.54) is 6.20 Å². The van der Waals surface area contributed by atoms with Gasteiger partial charge in [-0.1, -0.05) is 11.3 Å². The van der Waals surface area contributed by atoms with Gasteiger partial charge in [-0.3, -0.25) is 4.79 Å². The highest BCUT2D eigenvalue weighted by molar-refractivity contribution is 5.96. The fourth-order valence-corrected chi connectivity index (χ4v) is 2.65. The molecule has 2 aromatic heterocycles. The number of nitrogens with one attached hydrogen (secondary N) is 1. The summed E-state index contributed by atoms with van der Waals surface area (Å²) in [5.41, 5.74) is 2.61. The molecule has 3 heterocycles. The molecule has 1 aliphatic heterocycles. The summed E-state index contributed by atoms with van der Waals surface area (Å²) in [4.78, 5) is 16.6. The van der Waals surface area contributed by atoms with Crippen molar-refractivity contribution in [3.8, 4) is 11.5 Å². The molecule has 1 N–H and O–H groups in total. The van der Waals surface area contributed by atoms with Crippen LogP contribution in [0.5, 0.6) is 11.5 Å². The SMILES string of the molecule is Cn1nnc2cc(C(=O)NCc3ccc4c(c3)OCCCO4)cnc21. The Hall–Kier alpha value is -3.16. The molecule has 25 heavy (non-hydrogen) atoms. The van der Waals surface area contributed by atoms with E-state index in [9.17, 15) is 4.79 Å². The first-order valence-electron chi connectivity index (χ1n) is 8.03. The number of carbonyl (C=O) groups excluding carboxylic acids is 1. The Morgan fingerprint density at radius 3 is 2.96 bits per heavy atom. The standard InChI is InChI=1S/C17H17N5O3/c1-22-16-13(20-21-22)8-12(10-18-16)17(23)19-9-11-3-4-14-15(7-11)25-6-2-5-24-14/h3-4,7-8,10H,2,5-6,9H2,1H3,(H,19,23). The van der Waals surface area contributed by atoms with Crippen LogP contribution in [0.3, 0.4) is 0 Å². The van der Waals surface area contributed by atoms with E-state index in [-0.39, 0.29) is 5.91 Å². The van der Waals surface area contributed by atoms with E-state index in [0.717, 1.165) is 17.7 Å². The van der Waals surface area contributed by atoms with E-state index < -0.39 is 0 Å². The fraction of sp³-hybridized carbons (Fsp3) is 0.294. The molecule has 3 aromatic rings. The summed E-state index contributed by atoms with van der Waals surface area (Å²) in [6.45, 7) is 1.67. The van der Waals surface area contributed by atoms with Gasteiger partial charge in [-0.2, -0.15) is 0 Å². The van der Waals surface area contributed by atoms with Crippen LogP contribution in [0, 0.1) is 0 Å². The lowest BCUT2D eigenvalue weighted by atomic mass is 10.2. The third-order valence-electron chi connectivity index (χ3n) is 3.97. The Morgan fingerprint density at radius 1 is 1.24 bits per heavy atom. The molecular formula is C17H17N5O3. The number of nitrogens with zero attached hydrogens (tertiary/aromatic N) is 4. The molecule has 0 aliphatic carbocycles. The zero-order valence-corrected chi connectivity index (χ0v) is 13.7. The zero-order chi connectivity index (χ0) is 17.2. The molecule has 4 rings (SSSR count). The van der Waals surface area contributed by atoms with Gasteiger partial charge in [-0.15, -0.1) is 5.10 Å². The van der Waals surface area contributed by atoms with Gasteiger partial charge in [-0.05, 0) is 23.8 Å². The highest BCUT2D eigenvalue weighted by Crippen LogP contribution is 2.30. The van der Waals surface area contributed by atoms with Crippen LogP contribution in [0.25, 0.3) is 11.2 Å². The summed E-state index contributed by atoms with van der Waals surface area (Å²) in [7, 11) is 1.76. The second-order valence-electron chi connectivity index (χ2n) is 5.79. The Morgan fingerprint density at radius 2 is 2.08 bits per heavy atom. The lowest BCUT2D eigenvalue weighted by Crippen LogP contribution is -2.23. The van der Waals surface area contributed by atoms with E-state index in [2.05, 4.69) is 20.6 Å². The van der Waals surface area contributed by atoms with Crippen LogP contribution < -0.4 is 14.8 Å². The third kappa shape index (κ3) is 3.10. The van der Waals surface area contributed by atoms with Crippen LogP contribution in [-0.4, -0.2) is 39.1 Å². The summed E-state index contributed by atoms with van der Waals surface area (Å²) in [6.07, 6.45) is 2.38. The van der Waals surface area contributed by atoms with Crippen molar-refractivity contribution >= 4 is 17.1 Å². The largest absolute Gasteiger partial charge is 0.490 e. The van der Waals surface area contributed by atoms with Gasteiger partial charge in [0.05, 0.1) is 18.8 Å². The number of amides is 1. The van der Waals surface area contributed by atoms with Crippen LogP contribution in [0.15, 0.2) is 30.5 Å². The molecule has 0 radical (unpaired) electrons. The third-order valence-corrected chi connectivity index (χ3v) is 3.97. The van der Waals surface area contributed by atoms with Gasteiger partial charge in [0, 0.05) is 26.2 Å². The molecular weight excluding hydrogens is 322 g/mol. The first-order valence-corrected chi connectivity index (χ1v) is 8.03. The quantitative estimate of drug-likeness (QED) is 0.777. The first kappa shape index (κ1) is 15.4. The van der Waals surface area contributed by atoms with Gasteiger partial charge < -0.3 is 14.8 Å².